The van der Waals surface area contributed by atoms with Crippen LogP contribution in [0.1, 0.15) is 33.6 Å². The summed E-state index contributed by atoms with van der Waals surface area (Å²) in [5.41, 5.74) is -1.32. The number of rotatable bonds is 6. The fourth-order valence-corrected chi connectivity index (χ4v) is 2.38. The van der Waals surface area contributed by atoms with Crippen molar-refractivity contribution in [2.45, 2.75) is 33.6 Å². The van der Waals surface area contributed by atoms with Crippen LogP contribution >= 0.6 is 23.2 Å². The van der Waals surface area contributed by atoms with Crippen molar-refractivity contribution in [3.05, 3.63) is 28.2 Å². The highest BCUT2D eigenvalue weighted by molar-refractivity contribution is 6.35. The maximum atomic E-state index is 12.4. The first-order chi connectivity index (χ1) is 9.91. The molecule has 0 aliphatic heterocycles. The third kappa shape index (κ3) is 3.89. The zero-order chi connectivity index (χ0) is 16.0. The predicted octanol–water partition coefficient (Wildman–Crippen LogP) is 4.27. The molecule has 1 aromatic carbocycles. The van der Waals surface area contributed by atoms with Gasteiger partial charge in [-0.3, -0.25) is 9.59 Å². The van der Waals surface area contributed by atoms with Crippen LogP contribution in [0.4, 0.5) is 0 Å². The molecular weight excluding hydrogens is 315 g/mol. The number of hydrogen-bond acceptors (Lipinski definition) is 4. The minimum atomic E-state index is -1.32. The number of hydrogen-bond donors (Lipinski definition) is 0. The predicted molar refractivity (Wildman–Crippen MR) is 81.7 cm³/mol. The lowest BCUT2D eigenvalue weighted by atomic mass is 9.82. The number of carbonyl (C=O) groups excluding carboxylic acids is 2. The van der Waals surface area contributed by atoms with E-state index in [0.29, 0.717) is 5.02 Å². The lowest BCUT2D eigenvalue weighted by Gasteiger charge is -2.26. The number of ether oxygens (including phenoxy) is 2. The maximum Gasteiger partial charge on any atom is 0.328 e. The normalized spacial score (nSPS) is 11.1. The molecule has 0 amide bonds. The molecule has 0 N–H and O–H groups in total. The first-order valence-electron chi connectivity index (χ1n) is 6.75. The van der Waals surface area contributed by atoms with Crippen LogP contribution in [0, 0.1) is 5.41 Å². The molecule has 0 aromatic heterocycles. The second-order valence-electron chi connectivity index (χ2n) is 4.47. The summed E-state index contributed by atoms with van der Waals surface area (Å²) in [6.07, 6.45) is 0.568. The Morgan fingerprint density at radius 1 is 1.10 bits per heavy atom. The summed E-state index contributed by atoms with van der Waals surface area (Å²) < 4.78 is 10.3. The fraction of sp³-hybridized carbons (Fsp3) is 0.467. The topological polar surface area (TPSA) is 52.6 Å². The van der Waals surface area contributed by atoms with Gasteiger partial charge in [-0.2, -0.15) is 0 Å². The molecule has 0 aliphatic carbocycles. The molecule has 21 heavy (non-hydrogen) atoms. The van der Waals surface area contributed by atoms with Crippen molar-refractivity contribution in [2.75, 3.05) is 6.61 Å². The molecule has 0 spiro atoms. The van der Waals surface area contributed by atoms with Crippen molar-refractivity contribution in [2.24, 2.45) is 5.41 Å². The van der Waals surface area contributed by atoms with Gasteiger partial charge in [0.1, 0.15) is 5.75 Å². The number of halogens is 2. The summed E-state index contributed by atoms with van der Waals surface area (Å²) >= 11 is 11.8. The van der Waals surface area contributed by atoms with Crippen LogP contribution in [-0.2, 0) is 14.3 Å². The summed E-state index contributed by atoms with van der Waals surface area (Å²) in [5, 5.41) is 0.642. The standard InChI is InChI=1S/C15H18Cl2O4/c1-4-15(5-2,13(18)20-6-3)14(19)21-12-8-7-10(16)9-11(12)17/h7-9H,4-6H2,1-3H3. The van der Waals surface area contributed by atoms with Crippen LogP contribution in [0.5, 0.6) is 5.75 Å². The van der Waals surface area contributed by atoms with Crippen molar-refractivity contribution in [1.29, 1.82) is 0 Å². The highest BCUT2D eigenvalue weighted by atomic mass is 35.5. The van der Waals surface area contributed by atoms with E-state index in [1.165, 1.54) is 12.1 Å². The van der Waals surface area contributed by atoms with Crippen LogP contribution in [-0.4, -0.2) is 18.5 Å². The Morgan fingerprint density at radius 2 is 1.71 bits per heavy atom. The summed E-state index contributed by atoms with van der Waals surface area (Å²) in [7, 11) is 0. The number of carbonyl (C=O) groups is 2. The summed E-state index contributed by atoms with van der Waals surface area (Å²) in [6, 6.07) is 4.51. The van der Waals surface area contributed by atoms with Gasteiger partial charge in [-0.1, -0.05) is 37.0 Å². The lowest BCUT2D eigenvalue weighted by molar-refractivity contribution is -0.167. The Hall–Kier alpha value is -1.26. The summed E-state index contributed by atoms with van der Waals surface area (Å²) in [4.78, 5) is 24.6. The molecule has 0 radical (unpaired) electrons. The lowest BCUT2D eigenvalue weighted by Crippen LogP contribution is -2.42. The highest BCUT2D eigenvalue weighted by Gasteiger charge is 2.46. The van der Waals surface area contributed by atoms with Gasteiger partial charge in [-0.25, -0.2) is 0 Å². The molecule has 0 saturated heterocycles. The molecular formula is C15H18Cl2O4. The quantitative estimate of drug-likeness (QED) is 0.443. The van der Waals surface area contributed by atoms with Crippen LogP contribution in [0.25, 0.3) is 0 Å². The van der Waals surface area contributed by atoms with E-state index >= 15 is 0 Å². The Balaban J connectivity index is 3.04. The Kier molecular flexibility index (Phi) is 6.49. The Bertz CT molecular complexity index is 524. The average molecular weight is 333 g/mol. The van der Waals surface area contributed by atoms with Crippen molar-refractivity contribution < 1.29 is 19.1 Å². The van der Waals surface area contributed by atoms with Crippen LogP contribution in [0.2, 0.25) is 10.0 Å². The van der Waals surface area contributed by atoms with Gasteiger partial charge in [0, 0.05) is 5.02 Å². The van der Waals surface area contributed by atoms with E-state index in [-0.39, 0.29) is 30.2 Å². The van der Waals surface area contributed by atoms with Crippen LogP contribution in [0.3, 0.4) is 0 Å². The van der Waals surface area contributed by atoms with Gasteiger partial charge in [0.25, 0.3) is 0 Å². The monoisotopic (exact) mass is 332 g/mol. The Morgan fingerprint density at radius 3 is 2.19 bits per heavy atom. The van der Waals surface area contributed by atoms with E-state index in [1.54, 1.807) is 26.8 Å². The van der Waals surface area contributed by atoms with Gasteiger partial charge in [0.2, 0.25) is 0 Å². The minimum Gasteiger partial charge on any atom is -0.465 e. The van der Waals surface area contributed by atoms with Gasteiger partial charge >= 0.3 is 11.9 Å². The molecule has 1 rings (SSSR count). The molecule has 1 aromatic rings. The molecule has 0 bridgehead atoms. The fourth-order valence-electron chi connectivity index (χ4n) is 1.94. The second-order valence-corrected chi connectivity index (χ2v) is 5.32. The Labute approximate surface area is 134 Å². The van der Waals surface area contributed by atoms with Crippen molar-refractivity contribution >= 4 is 35.1 Å². The zero-order valence-corrected chi connectivity index (χ0v) is 13.8. The van der Waals surface area contributed by atoms with Gasteiger partial charge in [-0.05, 0) is 38.0 Å². The summed E-state index contributed by atoms with van der Waals surface area (Å²) in [5.74, 6) is -1.08. The van der Waals surface area contributed by atoms with Gasteiger partial charge < -0.3 is 9.47 Å². The molecule has 0 aliphatic rings. The third-order valence-electron chi connectivity index (χ3n) is 3.36. The molecule has 0 atom stereocenters. The molecule has 4 nitrogen and oxygen atoms in total. The van der Waals surface area contributed by atoms with E-state index in [9.17, 15) is 9.59 Å². The third-order valence-corrected chi connectivity index (χ3v) is 3.89. The maximum absolute atomic E-state index is 12.4. The smallest absolute Gasteiger partial charge is 0.328 e. The minimum absolute atomic E-state index is 0.168. The van der Waals surface area contributed by atoms with E-state index in [0.717, 1.165) is 0 Å². The van der Waals surface area contributed by atoms with E-state index in [1.807, 2.05) is 0 Å². The molecule has 0 heterocycles. The van der Waals surface area contributed by atoms with E-state index in [4.69, 9.17) is 32.7 Å². The molecule has 0 unspecified atom stereocenters. The van der Waals surface area contributed by atoms with Gasteiger partial charge in [-0.15, -0.1) is 0 Å². The van der Waals surface area contributed by atoms with Crippen molar-refractivity contribution in [3.8, 4) is 5.75 Å². The first-order valence-corrected chi connectivity index (χ1v) is 7.51. The first kappa shape index (κ1) is 17.8. The van der Waals surface area contributed by atoms with E-state index < -0.39 is 17.4 Å². The molecule has 0 saturated carbocycles. The summed E-state index contributed by atoms with van der Waals surface area (Å²) in [6.45, 7) is 5.38. The number of esters is 2. The van der Waals surface area contributed by atoms with Crippen molar-refractivity contribution in [3.63, 3.8) is 0 Å². The molecule has 0 fully saturated rings. The average Bonchev–Trinajstić information content (AvgIpc) is 2.44. The van der Waals surface area contributed by atoms with Crippen LogP contribution < -0.4 is 4.74 Å². The van der Waals surface area contributed by atoms with Crippen LogP contribution in [0.15, 0.2) is 18.2 Å². The zero-order valence-electron chi connectivity index (χ0n) is 12.2. The highest BCUT2D eigenvalue weighted by Crippen LogP contribution is 2.34. The van der Waals surface area contributed by atoms with Crippen molar-refractivity contribution in [1.82, 2.24) is 0 Å². The SMILES string of the molecule is CCOC(=O)C(CC)(CC)C(=O)Oc1ccc(Cl)cc1Cl. The molecule has 6 heteroatoms. The van der Waals surface area contributed by atoms with Gasteiger partial charge in [0.05, 0.1) is 11.6 Å². The molecule has 116 valence electrons. The second kappa shape index (κ2) is 7.66. The van der Waals surface area contributed by atoms with E-state index in [2.05, 4.69) is 0 Å². The number of benzene rings is 1. The van der Waals surface area contributed by atoms with Gasteiger partial charge in [0.15, 0.2) is 5.41 Å². The largest absolute Gasteiger partial charge is 0.465 e.